The average Bonchev–Trinajstić information content (AvgIpc) is 2.54. The molecule has 1 fully saturated rings. The van der Waals surface area contributed by atoms with Gasteiger partial charge in [0.2, 0.25) is 0 Å². The van der Waals surface area contributed by atoms with Crippen LogP contribution in [0.25, 0.3) is 10.4 Å². The zero-order chi connectivity index (χ0) is 13.0. The predicted molar refractivity (Wildman–Crippen MR) is 66.1 cm³/mol. The van der Waals surface area contributed by atoms with Crippen LogP contribution in [0.15, 0.2) is 29.4 Å². The number of cyclic esters (lactones) is 1. The Morgan fingerprint density at radius 2 is 2.17 bits per heavy atom. The molecule has 1 N–H and O–H groups in total. The van der Waals surface area contributed by atoms with Gasteiger partial charge in [-0.05, 0) is 23.2 Å². The number of carbonyl (C=O) groups excluding carboxylic acids is 1. The summed E-state index contributed by atoms with van der Waals surface area (Å²) in [5.41, 5.74) is 9.37. The van der Waals surface area contributed by atoms with Gasteiger partial charge < -0.3 is 10.1 Å². The first-order valence-electron chi connectivity index (χ1n) is 5.42. The molecule has 94 valence electrons. The lowest BCUT2D eigenvalue weighted by atomic mass is 10.00. The lowest BCUT2D eigenvalue weighted by Gasteiger charge is -2.20. The second-order valence-corrected chi connectivity index (χ2v) is 4.24. The molecule has 1 aliphatic heterocycles. The van der Waals surface area contributed by atoms with E-state index in [2.05, 4.69) is 15.3 Å². The van der Waals surface area contributed by atoms with Gasteiger partial charge in [0.15, 0.2) is 6.04 Å². The fourth-order valence-corrected chi connectivity index (χ4v) is 1.96. The highest BCUT2D eigenvalue weighted by atomic mass is 35.5. The molecular formula is C11H11ClN4O2. The maximum Gasteiger partial charge on any atom is 0.316 e. The molecular weight excluding hydrogens is 256 g/mol. The minimum atomic E-state index is -0.904. The fourth-order valence-electron chi connectivity index (χ4n) is 1.84. The summed E-state index contributed by atoms with van der Waals surface area (Å²) in [5, 5.41) is 7.25. The summed E-state index contributed by atoms with van der Waals surface area (Å²) in [6, 6.07) is 5.73. The van der Waals surface area contributed by atoms with Gasteiger partial charge >= 0.3 is 5.97 Å². The molecule has 0 spiro atoms. The molecule has 0 unspecified atom stereocenters. The first kappa shape index (κ1) is 12.7. The second kappa shape index (κ2) is 5.73. The van der Waals surface area contributed by atoms with Crippen molar-refractivity contribution in [1.29, 1.82) is 0 Å². The van der Waals surface area contributed by atoms with Crippen molar-refractivity contribution in [1.82, 2.24) is 5.32 Å². The predicted octanol–water partition coefficient (Wildman–Crippen LogP) is 2.21. The first-order chi connectivity index (χ1) is 8.72. The monoisotopic (exact) mass is 266 g/mol. The zero-order valence-electron chi connectivity index (χ0n) is 9.41. The molecule has 0 aliphatic carbocycles. The van der Waals surface area contributed by atoms with Gasteiger partial charge in [0.25, 0.3) is 0 Å². The van der Waals surface area contributed by atoms with Gasteiger partial charge in [0.1, 0.15) is 6.61 Å². The SMILES string of the molecule is [N-]=[N+]=N[C@H]1C(=O)OCCN[C@H]1c1ccc(Cl)cc1. The van der Waals surface area contributed by atoms with Crippen molar-refractivity contribution >= 4 is 17.6 Å². The van der Waals surface area contributed by atoms with Crippen molar-refractivity contribution in [2.75, 3.05) is 13.2 Å². The van der Waals surface area contributed by atoms with E-state index >= 15 is 0 Å². The number of esters is 1. The Bertz CT molecular complexity index is 484. The van der Waals surface area contributed by atoms with E-state index in [4.69, 9.17) is 21.9 Å². The molecule has 2 atom stereocenters. The number of ether oxygens (including phenoxy) is 1. The van der Waals surface area contributed by atoms with E-state index in [1.54, 1.807) is 24.3 Å². The minimum Gasteiger partial charge on any atom is -0.464 e. The molecule has 0 bridgehead atoms. The Kier molecular flexibility index (Phi) is 4.04. The summed E-state index contributed by atoms with van der Waals surface area (Å²) in [7, 11) is 0. The highest BCUT2D eigenvalue weighted by Crippen LogP contribution is 2.23. The molecule has 6 nitrogen and oxygen atoms in total. The highest BCUT2D eigenvalue weighted by molar-refractivity contribution is 6.30. The number of azide groups is 1. The first-order valence-corrected chi connectivity index (χ1v) is 5.80. The normalized spacial score (nSPS) is 23.7. The molecule has 1 aromatic rings. The van der Waals surface area contributed by atoms with Crippen LogP contribution < -0.4 is 5.32 Å². The number of hydrogen-bond donors (Lipinski definition) is 1. The largest absolute Gasteiger partial charge is 0.464 e. The van der Waals surface area contributed by atoms with Gasteiger partial charge in [0, 0.05) is 16.5 Å². The summed E-state index contributed by atoms with van der Waals surface area (Å²) in [4.78, 5) is 14.4. The molecule has 0 radical (unpaired) electrons. The number of halogens is 1. The Hall–Kier alpha value is -1.75. The van der Waals surface area contributed by atoms with Gasteiger partial charge in [-0.25, -0.2) is 0 Å². The summed E-state index contributed by atoms with van der Waals surface area (Å²) >= 11 is 5.82. The van der Waals surface area contributed by atoms with Crippen molar-refractivity contribution < 1.29 is 9.53 Å². The summed E-state index contributed by atoms with van der Waals surface area (Å²) in [6.45, 7) is 0.775. The van der Waals surface area contributed by atoms with Crippen LogP contribution in [0.1, 0.15) is 11.6 Å². The average molecular weight is 267 g/mol. The number of hydrogen-bond acceptors (Lipinski definition) is 4. The van der Waals surface area contributed by atoms with Crippen LogP contribution in [0.2, 0.25) is 5.02 Å². The minimum absolute atomic E-state index is 0.264. The van der Waals surface area contributed by atoms with E-state index in [0.717, 1.165) is 5.56 Å². The van der Waals surface area contributed by atoms with Gasteiger partial charge in [-0.2, -0.15) is 0 Å². The van der Waals surface area contributed by atoms with E-state index < -0.39 is 18.1 Å². The maximum atomic E-state index is 11.7. The van der Waals surface area contributed by atoms with E-state index in [1.807, 2.05) is 0 Å². The van der Waals surface area contributed by atoms with Gasteiger partial charge in [0.05, 0.1) is 6.04 Å². The Labute approximate surface area is 109 Å². The van der Waals surface area contributed by atoms with Crippen LogP contribution >= 0.6 is 11.6 Å². The lowest BCUT2D eigenvalue weighted by molar-refractivity contribution is -0.144. The van der Waals surface area contributed by atoms with Crippen LogP contribution in [0.5, 0.6) is 0 Å². The third-order valence-corrected chi connectivity index (χ3v) is 2.93. The van der Waals surface area contributed by atoms with E-state index in [0.29, 0.717) is 11.6 Å². The molecule has 18 heavy (non-hydrogen) atoms. The quantitative estimate of drug-likeness (QED) is 0.385. The molecule has 0 aromatic heterocycles. The van der Waals surface area contributed by atoms with E-state index in [-0.39, 0.29) is 6.61 Å². The van der Waals surface area contributed by atoms with Crippen LogP contribution in [0.4, 0.5) is 0 Å². The van der Waals surface area contributed by atoms with Gasteiger partial charge in [-0.1, -0.05) is 28.8 Å². The second-order valence-electron chi connectivity index (χ2n) is 3.80. The van der Waals surface area contributed by atoms with Gasteiger partial charge in [-0.3, -0.25) is 4.79 Å². The molecule has 1 saturated heterocycles. The zero-order valence-corrected chi connectivity index (χ0v) is 10.2. The third kappa shape index (κ3) is 2.73. The number of nitrogens with one attached hydrogen (secondary N) is 1. The molecule has 7 heteroatoms. The Balaban J connectivity index is 2.34. The number of rotatable bonds is 2. The molecule has 0 amide bonds. The summed E-state index contributed by atoms with van der Waals surface area (Å²) in [5.74, 6) is -0.516. The van der Waals surface area contributed by atoms with Crippen molar-refractivity contribution in [2.24, 2.45) is 5.11 Å². The molecule has 0 saturated carbocycles. The number of carbonyl (C=O) groups is 1. The number of nitrogens with zero attached hydrogens (tertiary/aromatic N) is 3. The Morgan fingerprint density at radius 3 is 2.83 bits per heavy atom. The Morgan fingerprint density at radius 1 is 1.44 bits per heavy atom. The van der Waals surface area contributed by atoms with Crippen LogP contribution in [0, 0.1) is 0 Å². The van der Waals surface area contributed by atoms with Gasteiger partial charge in [-0.15, -0.1) is 0 Å². The van der Waals surface area contributed by atoms with Crippen LogP contribution in [-0.2, 0) is 9.53 Å². The van der Waals surface area contributed by atoms with E-state index in [1.165, 1.54) is 0 Å². The standard InChI is InChI=1S/C11H11ClN4O2/c12-8-3-1-7(2-4-8)9-10(15-16-13)11(17)18-6-5-14-9/h1-4,9-10,14H,5-6H2/t9-,10+/m0/s1. The van der Waals surface area contributed by atoms with Crippen molar-refractivity contribution in [3.8, 4) is 0 Å². The van der Waals surface area contributed by atoms with Crippen LogP contribution in [-0.4, -0.2) is 25.2 Å². The highest BCUT2D eigenvalue weighted by Gasteiger charge is 2.31. The van der Waals surface area contributed by atoms with E-state index in [9.17, 15) is 4.79 Å². The summed E-state index contributed by atoms with van der Waals surface area (Å²) < 4.78 is 4.95. The fraction of sp³-hybridized carbons (Fsp3) is 0.364. The molecule has 1 aliphatic rings. The smallest absolute Gasteiger partial charge is 0.316 e. The van der Waals surface area contributed by atoms with Crippen molar-refractivity contribution in [2.45, 2.75) is 12.1 Å². The maximum absolute atomic E-state index is 11.7. The molecule has 1 aromatic carbocycles. The molecule has 2 rings (SSSR count). The lowest BCUT2D eigenvalue weighted by Crippen LogP contribution is -2.33. The van der Waals surface area contributed by atoms with Crippen molar-refractivity contribution in [3.63, 3.8) is 0 Å². The summed E-state index contributed by atoms with van der Waals surface area (Å²) in [6.07, 6.45) is 0. The topological polar surface area (TPSA) is 87.1 Å². The van der Waals surface area contributed by atoms with Crippen molar-refractivity contribution in [3.05, 3.63) is 45.3 Å². The van der Waals surface area contributed by atoms with Crippen LogP contribution in [0.3, 0.4) is 0 Å². The third-order valence-electron chi connectivity index (χ3n) is 2.67. The molecule has 1 heterocycles. The number of benzene rings is 1.